The molecule has 2 heterocycles. The van der Waals surface area contributed by atoms with E-state index >= 15 is 0 Å². The van der Waals surface area contributed by atoms with E-state index in [1.54, 1.807) is 17.4 Å². The molecule has 1 aromatic carbocycles. The lowest BCUT2D eigenvalue weighted by atomic mass is 10.0. The van der Waals surface area contributed by atoms with Crippen molar-refractivity contribution in [2.75, 3.05) is 5.32 Å². The summed E-state index contributed by atoms with van der Waals surface area (Å²) in [6.07, 6.45) is -4.02. The molecule has 146 valence electrons. The number of hydrogen-bond acceptors (Lipinski definition) is 6. The van der Waals surface area contributed by atoms with E-state index in [4.69, 9.17) is 0 Å². The van der Waals surface area contributed by atoms with Crippen molar-refractivity contribution in [3.63, 3.8) is 0 Å². The number of thiophene rings is 1. The summed E-state index contributed by atoms with van der Waals surface area (Å²) in [6, 6.07) is 9.46. The number of benzene rings is 1. The smallest absolute Gasteiger partial charge is 0.300 e. The molecule has 1 saturated carbocycles. The summed E-state index contributed by atoms with van der Waals surface area (Å²) in [7, 11) is 0. The molecule has 1 fully saturated rings. The second kappa shape index (κ2) is 7.84. The number of rotatable bonds is 6. The minimum Gasteiger partial charge on any atom is -0.300 e. The standard InChI is InChI=1S/C18H14F3N3OS3/c19-18(20,21)14-6-2-1-5-11(14)12-8-13(12)15(25)22-16-23-24-17(28-16)27-9-10-4-3-7-26-10/h1-7,12-13H,8-9H2,(H,22,23,25). The zero-order chi connectivity index (χ0) is 19.7. The fraction of sp³-hybridized carbons (Fsp3) is 0.278. The molecule has 10 heteroatoms. The Bertz CT molecular complexity index is 972. The molecule has 28 heavy (non-hydrogen) atoms. The minimum absolute atomic E-state index is 0.180. The predicted molar refractivity (Wildman–Crippen MR) is 105 cm³/mol. The number of carbonyl (C=O) groups is 1. The van der Waals surface area contributed by atoms with Gasteiger partial charge in [-0.1, -0.05) is 47.4 Å². The topological polar surface area (TPSA) is 54.9 Å². The van der Waals surface area contributed by atoms with Crippen LogP contribution in [0.25, 0.3) is 0 Å². The molecule has 0 radical (unpaired) electrons. The van der Waals surface area contributed by atoms with Crippen molar-refractivity contribution < 1.29 is 18.0 Å². The van der Waals surface area contributed by atoms with Crippen LogP contribution < -0.4 is 5.32 Å². The monoisotopic (exact) mass is 441 g/mol. The van der Waals surface area contributed by atoms with Gasteiger partial charge in [-0.25, -0.2) is 0 Å². The summed E-state index contributed by atoms with van der Waals surface area (Å²) < 4.78 is 40.2. The number of amides is 1. The number of carbonyl (C=O) groups excluding carboxylic acids is 1. The summed E-state index contributed by atoms with van der Waals surface area (Å²) in [6.45, 7) is 0. The zero-order valence-electron chi connectivity index (χ0n) is 14.3. The van der Waals surface area contributed by atoms with Crippen molar-refractivity contribution in [3.05, 3.63) is 57.8 Å². The number of aromatic nitrogens is 2. The summed E-state index contributed by atoms with van der Waals surface area (Å²) in [4.78, 5) is 13.6. The third kappa shape index (κ3) is 4.39. The minimum atomic E-state index is -4.42. The first-order chi connectivity index (χ1) is 13.4. The Morgan fingerprint density at radius 1 is 1.21 bits per heavy atom. The second-order valence-electron chi connectivity index (χ2n) is 6.26. The van der Waals surface area contributed by atoms with E-state index < -0.39 is 23.6 Å². The van der Waals surface area contributed by atoms with Gasteiger partial charge in [0.05, 0.1) is 5.56 Å². The molecular weight excluding hydrogens is 427 g/mol. The van der Waals surface area contributed by atoms with E-state index in [1.165, 1.54) is 40.1 Å². The number of alkyl halides is 3. The number of nitrogens with one attached hydrogen (secondary N) is 1. The van der Waals surface area contributed by atoms with Crippen molar-refractivity contribution in [2.24, 2.45) is 5.92 Å². The van der Waals surface area contributed by atoms with E-state index in [0.717, 1.165) is 16.2 Å². The lowest BCUT2D eigenvalue weighted by Gasteiger charge is -2.12. The molecule has 0 spiro atoms. The van der Waals surface area contributed by atoms with Gasteiger partial charge in [0.2, 0.25) is 11.0 Å². The highest BCUT2D eigenvalue weighted by molar-refractivity contribution is 8.00. The van der Waals surface area contributed by atoms with Crippen LogP contribution in [0.1, 0.15) is 28.3 Å². The number of halogens is 3. The van der Waals surface area contributed by atoms with Crippen LogP contribution in [0.15, 0.2) is 46.1 Å². The van der Waals surface area contributed by atoms with Crippen molar-refractivity contribution in [2.45, 2.75) is 28.6 Å². The Morgan fingerprint density at radius 2 is 2.04 bits per heavy atom. The van der Waals surface area contributed by atoms with Gasteiger partial charge in [-0.3, -0.25) is 4.79 Å². The Balaban J connectivity index is 1.36. The lowest BCUT2D eigenvalue weighted by molar-refractivity contribution is -0.138. The van der Waals surface area contributed by atoms with Crippen molar-refractivity contribution >= 4 is 45.5 Å². The normalized spacial score (nSPS) is 18.8. The Hall–Kier alpha value is -1.91. The molecule has 4 rings (SSSR count). The zero-order valence-corrected chi connectivity index (χ0v) is 16.7. The van der Waals surface area contributed by atoms with Crippen molar-refractivity contribution in [1.29, 1.82) is 0 Å². The molecule has 0 saturated heterocycles. The van der Waals surface area contributed by atoms with E-state index in [2.05, 4.69) is 15.5 Å². The van der Waals surface area contributed by atoms with Gasteiger partial charge in [0, 0.05) is 16.5 Å². The molecule has 1 aliphatic carbocycles. The van der Waals surface area contributed by atoms with Gasteiger partial charge in [-0.05, 0) is 35.4 Å². The van der Waals surface area contributed by atoms with Crippen LogP contribution in [-0.2, 0) is 16.7 Å². The van der Waals surface area contributed by atoms with E-state index in [9.17, 15) is 18.0 Å². The highest BCUT2D eigenvalue weighted by Gasteiger charge is 2.48. The van der Waals surface area contributed by atoms with Crippen LogP contribution in [0.4, 0.5) is 18.3 Å². The summed E-state index contributed by atoms with van der Waals surface area (Å²) >= 11 is 4.46. The first kappa shape index (κ1) is 19.4. The Kier molecular flexibility index (Phi) is 5.44. The average molecular weight is 442 g/mol. The van der Waals surface area contributed by atoms with Crippen LogP contribution in [0.3, 0.4) is 0 Å². The predicted octanol–water partition coefficient (Wildman–Crippen LogP) is 5.65. The Morgan fingerprint density at radius 3 is 2.79 bits per heavy atom. The van der Waals surface area contributed by atoms with Gasteiger partial charge in [0.15, 0.2) is 4.34 Å². The number of hydrogen-bond donors (Lipinski definition) is 1. The fourth-order valence-corrected chi connectivity index (χ4v) is 5.48. The first-order valence-corrected chi connectivity index (χ1v) is 11.1. The van der Waals surface area contributed by atoms with Crippen LogP contribution in [0.2, 0.25) is 0 Å². The fourth-order valence-electron chi connectivity index (χ4n) is 2.95. The molecule has 0 aliphatic heterocycles. The Labute approximate surface area is 171 Å². The largest absolute Gasteiger partial charge is 0.416 e. The summed E-state index contributed by atoms with van der Waals surface area (Å²) in [5.41, 5.74) is -0.488. The second-order valence-corrected chi connectivity index (χ2v) is 9.50. The lowest BCUT2D eigenvalue weighted by Crippen LogP contribution is -2.15. The number of thioether (sulfide) groups is 1. The molecule has 2 aromatic heterocycles. The number of anilines is 1. The third-order valence-electron chi connectivity index (χ3n) is 4.35. The van der Waals surface area contributed by atoms with Crippen LogP contribution in [0, 0.1) is 5.92 Å². The maximum absolute atomic E-state index is 13.2. The molecule has 2 unspecified atom stereocenters. The first-order valence-electron chi connectivity index (χ1n) is 8.37. The molecular formula is C18H14F3N3OS3. The summed E-state index contributed by atoms with van der Waals surface area (Å²) in [5, 5.41) is 13.1. The number of nitrogens with zero attached hydrogens (tertiary/aromatic N) is 2. The highest BCUT2D eigenvalue weighted by atomic mass is 32.2. The molecule has 0 bridgehead atoms. The highest BCUT2D eigenvalue weighted by Crippen LogP contribution is 2.51. The van der Waals surface area contributed by atoms with Gasteiger partial charge in [-0.15, -0.1) is 21.5 Å². The molecule has 1 aliphatic rings. The molecule has 4 nitrogen and oxygen atoms in total. The van der Waals surface area contributed by atoms with Crippen LogP contribution >= 0.6 is 34.4 Å². The average Bonchev–Trinajstić information content (AvgIpc) is 3.06. The van der Waals surface area contributed by atoms with Crippen molar-refractivity contribution in [3.8, 4) is 0 Å². The molecule has 1 N–H and O–H groups in total. The van der Waals surface area contributed by atoms with Crippen molar-refractivity contribution in [1.82, 2.24) is 10.2 Å². The summed E-state index contributed by atoms with van der Waals surface area (Å²) in [5.74, 6) is -0.430. The quantitative estimate of drug-likeness (QED) is 0.397. The van der Waals surface area contributed by atoms with Gasteiger partial charge < -0.3 is 5.32 Å². The van der Waals surface area contributed by atoms with Gasteiger partial charge in [0.25, 0.3) is 0 Å². The molecule has 3 aromatic rings. The third-order valence-corrected chi connectivity index (χ3v) is 7.43. The van der Waals surface area contributed by atoms with E-state index in [0.29, 0.717) is 11.6 Å². The van der Waals surface area contributed by atoms with Crippen LogP contribution in [0.5, 0.6) is 0 Å². The maximum Gasteiger partial charge on any atom is 0.416 e. The maximum atomic E-state index is 13.2. The van der Waals surface area contributed by atoms with E-state index in [-0.39, 0.29) is 11.5 Å². The molecule has 2 atom stereocenters. The van der Waals surface area contributed by atoms with Crippen LogP contribution in [-0.4, -0.2) is 16.1 Å². The van der Waals surface area contributed by atoms with Gasteiger partial charge >= 0.3 is 6.18 Å². The van der Waals surface area contributed by atoms with Gasteiger partial charge in [-0.2, -0.15) is 13.2 Å². The van der Waals surface area contributed by atoms with Gasteiger partial charge in [0.1, 0.15) is 0 Å². The molecule has 1 amide bonds. The van der Waals surface area contributed by atoms with E-state index in [1.807, 2.05) is 17.5 Å². The SMILES string of the molecule is O=C(Nc1nnc(SCc2cccs2)s1)C1CC1c1ccccc1C(F)(F)F.